The number of hydrogen-bond acceptors (Lipinski definition) is 4. The third-order valence-electron chi connectivity index (χ3n) is 3.33. The molecule has 4 nitrogen and oxygen atoms in total. The number of carbonyl (C=O) groups excluding carboxylic acids is 1. The van der Waals surface area contributed by atoms with Gasteiger partial charge in [-0.1, -0.05) is 0 Å². The number of hydrogen-bond donors (Lipinski definition) is 0. The quantitative estimate of drug-likeness (QED) is 0.641. The first-order chi connectivity index (χ1) is 11.4. The van der Waals surface area contributed by atoms with Gasteiger partial charge in [0.15, 0.2) is 11.3 Å². The number of fused-ring (bicyclic) bond motifs is 1. The molecule has 3 aromatic rings. The molecular weight excluding hydrogens is 325 g/mol. The first-order valence-electron chi connectivity index (χ1n) is 6.82. The van der Waals surface area contributed by atoms with Crippen molar-refractivity contribution in [1.82, 2.24) is 0 Å². The Bertz CT molecular complexity index is 879. The van der Waals surface area contributed by atoms with Crippen LogP contribution in [0.1, 0.15) is 10.4 Å². The topological polar surface area (TPSA) is 48.7 Å². The van der Waals surface area contributed by atoms with Crippen molar-refractivity contribution in [1.29, 1.82) is 0 Å². The van der Waals surface area contributed by atoms with Crippen molar-refractivity contribution < 1.29 is 31.9 Å². The van der Waals surface area contributed by atoms with Gasteiger partial charge < -0.3 is 13.9 Å². The second-order valence-corrected chi connectivity index (χ2v) is 4.94. The fraction of sp³-hybridized carbons (Fsp3) is 0.118. The minimum absolute atomic E-state index is 0.316. The lowest BCUT2D eigenvalue weighted by Gasteiger charge is -2.08. The monoisotopic (exact) mass is 336 g/mol. The first-order valence-corrected chi connectivity index (χ1v) is 6.82. The zero-order chi connectivity index (χ0) is 17.3. The van der Waals surface area contributed by atoms with Gasteiger partial charge in [-0.2, -0.15) is 0 Å². The van der Waals surface area contributed by atoms with Gasteiger partial charge in [0.25, 0.3) is 0 Å². The molecule has 124 valence electrons. The van der Waals surface area contributed by atoms with Crippen molar-refractivity contribution in [3.05, 3.63) is 48.0 Å². The molecule has 0 bridgehead atoms. The number of alkyl halides is 3. The molecule has 24 heavy (non-hydrogen) atoms. The second-order valence-electron chi connectivity index (χ2n) is 4.94. The summed E-state index contributed by atoms with van der Waals surface area (Å²) in [5.41, 5.74) is 1.45. The smallest absolute Gasteiger partial charge is 0.493 e. The first kappa shape index (κ1) is 15.9. The molecule has 1 aromatic heterocycles. The summed E-state index contributed by atoms with van der Waals surface area (Å²) in [4.78, 5) is 11.0. The van der Waals surface area contributed by atoms with Crippen LogP contribution >= 0.6 is 0 Å². The Morgan fingerprint density at radius 1 is 1.08 bits per heavy atom. The highest BCUT2D eigenvalue weighted by Gasteiger charge is 2.31. The van der Waals surface area contributed by atoms with Crippen LogP contribution in [-0.4, -0.2) is 19.8 Å². The van der Waals surface area contributed by atoms with Crippen LogP contribution in [0.25, 0.3) is 22.3 Å². The molecule has 0 fully saturated rings. The number of carbonyl (C=O) groups is 1. The number of furan rings is 1. The van der Waals surface area contributed by atoms with Crippen LogP contribution < -0.4 is 9.47 Å². The maximum Gasteiger partial charge on any atom is 0.573 e. The molecule has 0 saturated heterocycles. The SMILES string of the molecule is COc1cc(C=O)cc2cc(-c3ccc(OC(F)(F)F)cc3)oc12. The van der Waals surface area contributed by atoms with E-state index in [0.29, 0.717) is 39.9 Å². The van der Waals surface area contributed by atoms with E-state index in [1.807, 2.05) is 0 Å². The molecule has 0 spiro atoms. The Kier molecular flexibility index (Phi) is 3.92. The van der Waals surface area contributed by atoms with Gasteiger partial charge in [0, 0.05) is 16.5 Å². The molecule has 0 aliphatic carbocycles. The molecule has 0 amide bonds. The normalized spacial score (nSPS) is 11.5. The Labute approximate surface area is 134 Å². The van der Waals surface area contributed by atoms with Crippen LogP contribution in [0.3, 0.4) is 0 Å². The van der Waals surface area contributed by atoms with E-state index in [4.69, 9.17) is 9.15 Å². The van der Waals surface area contributed by atoms with Crippen molar-refractivity contribution in [3.8, 4) is 22.8 Å². The number of halogens is 3. The molecule has 0 aliphatic rings. The average molecular weight is 336 g/mol. The number of rotatable bonds is 4. The van der Waals surface area contributed by atoms with Crippen LogP contribution in [0.4, 0.5) is 13.2 Å². The van der Waals surface area contributed by atoms with Crippen molar-refractivity contribution >= 4 is 17.3 Å². The second kappa shape index (κ2) is 5.92. The Balaban J connectivity index is 1.99. The Hall–Kier alpha value is -2.96. The van der Waals surface area contributed by atoms with Crippen LogP contribution in [0.2, 0.25) is 0 Å². The summed E-state index contributed by atoms with van der Waals surface area (Å²) >= 11 is 0. The fourth-order valence-electron chi connectivity index (χ4n) is 2.33. The van der Waals surface area contributed by atoms with E-state index in [2.05, 4.69) is 4.74 Å². The Morgan fingerprint density at radius 2 is 1.79 bits per heavy atom. The van der Waals surface area contributed by atoms with Crippen LogP contribution in [0.5, 0.6) is 11.5 Å². The summed E-state index contributed by atoms with van der Waals surface area (Å²) in [7, 11) is 1.45. The van der Waals surface area contributed by atoms with Gasteiger partial charge in [0.1, 0.15) is 17.8 Å². The molecule has 7 heteroatoms. The fourth-order valence-corrected chi connectivity index (χ4v) is 2.33. The van der Waals surface area contributed by atoms with Crippen LogP contribution in [0.15, 0.2) is 46.9 Å². The third-order valence-corrected chi connectivity index (χ3v) is 3.33. The lowest BCUT2D eigenvalue weighted by atomic mass is 10.1. The number of methoxy groups -OCH3 is 1. The molecule has 3 rings (SSSR count). The summed E-state index contributed by atoms with van der Waals surface area (Å²) in [6.45, 7) is 0. The lowest BCUT2D eigenvalue weighted by Crippen LogP contribution is -2.16. The highest BCUT2D eigenvalue weighted by Crippen LogP contribution is 2.35. The van der Waals surface area contributed by atoms with Crippen molar-refractivity contribution in [3.63, 3.8) is 0 Å². The molecule has 0 radical (unpaired) electrons. The molecule has 0 saturated carbocycles. The lowest BCUT2D eigenvalue weighted by molar-refractivity contribution is -0.274. The van der Waals surface area contributed by atoms with Crippen molar-refractivity contribution in [2.75, 3.05) is 7.11 Å². The molecule has 2 aromatic carbocycles. The van der Waals surface area contributed by atoms with Crippen molar-refractivity contribution in [2.24, 2.45) is 0 Å². The molecule has 0 aliphatic heterocycles. The number of benzene rings is 2. The zero-order valence-corrected chi connectivity index (χ0v) is 12.4. The average Bonchev–Trinajstić information content (AvgIpc) is 2.97. The van der Waals surface area contributed by atoms with E-state index in [1.165, 1.54) is 31.4 Å². The summed E-state index contributed by atoms with van der Waals surface area (Å²) in [5.74, 6) is 0.519. The highest BCUT2D eigenvalue weighted by molar-refractivity contribution is 5.92. The largest absolute Gasteiger partial charge is 0.573 e. The van der Waals surface area contributed by atoms with Gasteiger partial charge in [-0.15, -0.1) is 13.2 Å². The standard InChI is InChI=1S/C17H11F3O4/c1-22-15-7-10(9-21)6-12-8-14(23-16(12)15)11-2-4-13(5-3-11)24-17(18,19)20/h2-9H,1H3. The van der Waals surface area contributed by atoms with E-state index in [9.17, 15) is 18.0 Å². The molecular formula is C17H11F3O4. The molecule has 0 N–H and O–H groups in total. The van der Waals surface area contributed by atoms with E-state index < -0.39 is 6.36 Å². The molecule has 1 heterocycles. The van der Waals surface area contributed by atoms with Gasteiger partial charge in [-0.3, -0.25) is 4.79 Å². The van der Waals surface area contributed by atoms with Crippen LogP contribution in [-0.2, 0) is 0 Å². The van der Waals surface area contributed by atoms with E-state index in [1.54, 1.807) is 18.2 Å². The summed E-state index contributed by atoms with van der Waals surface area (Å²) < 4.78 is 51.3. The molecule has 0 atom stereocenters. The summed E-state index contributed by atoms with van der Waals surface area (Å²) in [6, 6.07) is 10.2. The van der Waals surface area contributed by atoms with Crippen molar-refractivity contribution in [2.45, 2.75) is 6.36 Å². The Morgan fingerprint density at radius 3 is 2.38 bits per heavy atom. The predicted octanol–water partition coefficient (Wildman–Crippen LogP) is 4.82. The minimum atomic E-state index is -4.74. The van der Waals surface area contributed by atoms with Gasteiger partial charge in [-0.25, -0.2) is 0 Å². The maximum absolute atomic E-state index is 12.2. The van der Waals surface area contributed by atoms with Gasteiger partial charge in [0.05, 0.1) is 7.11 Å². The number of aldehydes is 1. The summed E-state index contributed by atoms with van der Waals surface area (Å²) in [6.07, 6.45) is -4.04. The highest BCUT2D eigenvalue weighted by atomic mass is 19.4. The van der Waals surface area contributed by atoms with E-state index in [-0.39, 0.29) is 5.75 Å². The summed E-state index contributed by atoms with van der Waals surface area (Å²) in [5, 5.41) is 0.655. The van der Waals surface area contributed by atoms with E-state index in [0.717, 1.165) is 0 Å². The third kappa shape index (κ3) is 3.19. The van der Waals surface area contributed by atoms with Gasteiger partial charge >= 0.3 is 6.36 Å². The number of ether oxygens (including phenoxy) is 2. The van der Waals surface area contributed by atoms with Gasteiger partial charge in [-0.05, 0) is 42.5 Å². The predicted molar refractivity (Wildman–Crippen MR) is 80.3 cm³/mol. The van der Waals surface area contributed by atoms with Gasteiger partial charge in [0.2, 0.25) is 0 Å². The minimum Gasteiger partial charge on any atom is -0.493 e. The molecule has 0 unspecified atom stereocenters. The zero-order valence-electron chi connectivity index (χ0n) is 12.4. The maximum atomic E-state index is 12.2. The van der Waals surface area contributed by atoms with E-state index >= 15 is 0 Å². The van der Waals surface area contributed by atoms with Crippen LogP contribution in [0, 0.1) is 0 Å².